The number of benzene rings is 1. The largest absolute Gasteiger partial charge is 0.285 e. The molecular formula is C11H9N5. The summed E-state index contributed by atoms with van der Waals surface area (Å²) in [5.74, 6) is 1.41. The summed E-state index contributed by atoms with van der Waals surface area (Å²) in [5.41, 5.74) is 1.89. The Morgan fingerprint density at radius 1 is 1.00 bits per heavy atom. The first-order chi connectivity index (χ1) is 7.93. The minimum Gasteiger partial charge on any atom is -0.285 e. The smallest absolute Gasteiger partial charge is 0.184 e. The number of aromatic amines is 2. The second-order valence-corrected chi connectivity index (χ2v) is 3.36. The maximum atomic E-state index is 4.40. The third-order valence-corrected chi connectivity index (χ3v) is 2.29. The molecule has 0 aliphatic heterocycles. The van der Waals surface area contributed by atoms with Crippen LogP contribution in [-0.4, -0.2) is 25.4 Å². The van der Waals surface area contributed by atoms with Gasteiger partial charge in [-0.3, -0.25) is 10.2 Å². The Labute approximate surface area is 91.6 Å². The van der Waals surface area contributed by atoms with E-state index in [1.807, 2.05) is 30.3 Å². The van der Waals surface area contributed by atoms with Gasteiger partial charge in [-0.15, -0.1) is 0 Å². The van der Waals surface area contributed by atoms with E-state index in [1.54, 1.807) is 12.4 Å². The lowest BCUT2D eigenvalue weighted by atomic mass is 10.2. The fourth-order valence-corrected chi connectivity index (χ4v) is 1.49. The van der Waals surface area contributed by atoms with Crippen molar-refractivity contribution >= 4 is 0 Å². The highest BCUT2D eigenvalue weighted by Crippen LogP contribution is 2.18. The fourth-order valence-electron chi connectivity index (χ4n) is 1.49. The first-order valence-corrected chi connectivity index (χ1v) is 4.90. The van der Waals surface area contributed by atoms with Gasteiger partial charge in [-0.05, 0) is 0 Å². The van der Waals surface area contributed by atoms with Crippen molar-refractivity contribution in [1.82, 2.24) is 25.4 Å². The summed E-state index contributed by atoms with van der Waals surface area (Å²) in [7, 11) is 0. The standard InChI is InChI=1S/C11H9N5/c1-2-4-8(5-3-1)10-14-11(16-15-10)9-6-12-13-7-9/h1-7H,(H,12,13)(H,14,15,16). The molecule has 0 aliphatic rings. The monoisotopic (exact) mass is 211 g/mol. The molecule has 78 valence electrons. The van der Waals surface area contributed by atoms with E-state index in [0.717, 1.165) is 17.0 Å². The molecule has 0 unspecified atom stereocenters. The first kappa shape index (κ1) is 8.84. The molecule has 5 nitrogen and oxygen atoms in total. The predicted molar refractivity (Wildman–Crippen MR) is 59.4 cm³/mol. The summed E-state index contributed by atoms with van der Waals surface area (Å²) in [6, 6.07) is 9.88. The van der Waals surface area contributed by atoms with Gasteiger partial charge in [-0.1, -0.05) is 30.3 Å². The Balaban J connectivity index is 2.00. The van der Waals surface area contributed by atoms with Gasteiger partial charge in [0.25, 0.3) is 0 Å². The highest BCUT2D eigenvalue weighted by Gasteiger charge is 2.07. The molecule has 3 rings (SSSR count). The molecule has 0 fully saturated rings. The van der Waals surface area contributed by atoms with Crippen molar-refractivity contribution in [3.8, 4) is 22.8 Å². The highest BCUT2D eigenvalue weighted by molar-refractivity contribution is 5.59. The van der Waals surface area contributed by atoms with Crippen LogP contribution in [0.2, 0.25) is 0 Å². The molecule has 0 saturated carbocycles. The molecule has 0 saturated heterocycles. The van der Waals surface area contributed by atoms with Crippen LogP contribution in [0, 0.1) is 0 Å². The summed E-state index contributed by atoms with van der Waals surface area (Å²) >= 11 is 0. The van der Waals surface area contributed by atoms with Crippen LogP contribution in [0.15, 0.2) is 42.7 Å². The molecule has 0 spiro atoms. The maximum Gasteiger partial charge on any atom is 0.184 e. The number of hydrogen-bond donors (Lipinski definition) is 2. The zero-order valence-corrected chi connectivity index (χ0v) is 8.38. The minimum absolute atomic E-state index is 0.646. The van der Waals surface area contributed by atoms with Crippen molar-refractivity contribution in [2.24, 2.45) is 0 Å². The second-order valence-electron chi connectivity index (χ2n) is 3.36. The van der Waals surface area contributed by atoms with Gasteiger partial charge in [0.15, 0.2) is 11.6 Å². The molecule has 0 bridgehead atoms. The number of hydrogen-bond acceptors (Lipinski definition) is 3. The minimum atomic E-state index is 0.646. The van der Waals surface area contributed by atoms with Crippen LogP contribution in [0.25, 0.3) is 22.8 Å². The summed E-state index contributed by atoms with van der Waals surface area (Å²) in [6.07, 6.45) is 3.45. The Morgan fingerprint density at radius 3 is 2.62 bits per heavy atom. The number of rotatable bonds is 2. The molecular weight excluding hydrogens is 202 g/mol. The van der Waals surface area contributed by atoms with Gasteiger partial charge in [-0.25, -0.2) is 4.98 Å². The third-order valence-electron chi connectivity index (χ3n) is 2.29. The van der Waals surface area contributed by atoms with Crippen LogP contribution in [0.4, 0.5) is 0 Å². The van der Waals surface area contributed by atoms with Gasteiger partial charge in [0, 0.05) is 11.8 Å². The van der Waals surface area contributed by atoms with E-state index in [1.165, 1.54) is 0 Å². The van der Waals surface area contributed by atoms with Crippen LogP contribution < -0.4 is 0 Å². The van der Waals surface area contributed by atoms with Crippen LogP contribution in [0.3, 0.4) is 0 Å². The second kappa shape index (κ2) is 3.62. The zero-order chi connectivity index (χ0) is 10.8. The number of nitrogens with one attached hydrogen (secondary N) is 2. The van der Waals surface area contributed by atoms with Crippen LogP contribution >= 0.6 is 0 Å². The summed E-state index contributed by atoms with van der Waals surface area (Å²) in [6.45, 7) is 0. The van der Waals surface area contributed by atoms with E-state index >= 15 is 0 Å². The summed E-state index contributed by atoms with van der Waals surface area (Å²) in [4.78, 5) is 4.40. The quantitative estimate of drug-likeness (QED) is 0.679. The van der Waals surface area contributed by atoms with Gasteiger partial charge in [0.05, 0.1) is 11.8 Å². The number of aromatic nitrogens is 5. The molecule has 5 heteroatoms. The number of H-pyrrole nitrogens is 2. The average molecular weight is 211 g/mol. The predicted octanol–water partition coefficient (Wildman–Crippen LogP) is 1.86. The molecule has 3 aromatic rings. The van der Waals surface area contributed by atoms with E-state index < -0.39 is 0 Å². The molecule has 16 heavy (non-hydrogen) atoms. The molecule has 0 amide bonds. The Morgan fingerprint density at radius 2 is 1.88 bits per heavy atom. The lowest BCUT2D eigenvalue weighted by Gasteiger charge is -1.92. The van der Waals surface area contributed by atoms with Gasteiger partial charge < -0.3 is 0 Å². The first-order valence-electron chi connectivity index (χ1n) is 4.90. The van der Waals surface area contributed by atoms with Gasteiger partial charge in [0.2, 0.25) is 0 Å². The van der Waals surface area contributed by atoms with Crippen molar-refractivity contribution in [3.05, 3.63) is 42.7 Å². The number of nitrogens with zero attached hydrogens (tertiary/aromatic N) is 3. The van der Waals surface area contributed by atoms with Gasteiger partial charge >= 0.3 is 0 Å². The Hall–Kier alpha value is -2.43. The van der Waals surface area contributed by atoms with Crippen molar-refractivity contribution in [2.75, 3.05) is 0 Å². The van der Waals surface area contributed by atoms with Gasteiger partial charge in [-0.2, -0.15) is 10.2 Å². The van der Waals surface area contributed by atoms with E-state index in [-0.39, 0.29) is 0 Å². The molecule has 2 N–H and O–H groups in total. The van der Waals surface area contributed by atoms with E-state index in [0.29, 0.717) is 5.82 Å². The average Bonchev–Trinajstić information content (AvgIpc) is 3.01. The SMILES string of the molecule is c1ccc(-c2nc(-c3cn[nH]c3)n[nH]2)cc1. The van der Waals surface area contributed by atoms with E-state index in [4.69, 9.17) is 0 Å². The summed E-state index contributed by atoms with van der Waals surface area (Å²) in [5, 5.41) is 13.6. The molecule has 2 aromatic heterocycles. The van der Waals surface area contributed by atoms with Crippen molar-refractivity contribution in [1.29, 1.82) is 0 Å². The molecule has 0 aliphatic carbocycles. The zero-order valence-electron chi connectivity index (χ0n) is 8.38. The maximum absolute atomic E-state index is 4.40. The lowest BCUT2D eigenvalue weighted by molar-refractivity contribution is 1.09. The van der Waals surface area contributed by atoms with E-state index in [2.05, 4.69) is 25.4 Å². The fraction of sp³-hybridized carbons (Fsp3) is 0. The Bertz CT molecular complexity index is 567. The molecule has 1 aromatic carbocycles. The van der Waals surface area contributed by atoms with Crippen molar-refractivity contribution in [2.45, 2.75) is 0 Å². The molecule has 2 heterocycles. The molecule has 0 radical (unpaired) electrons. The van der Waals surface area contributed by atoms with Crippen molar-refractivity contribution in [3.63, 3.8) is 0 Å². The van der Waals surface area contributed by atoms with Crippen LogP contribution in [0.5, 0.6) is 0 Å². The Kier molecular flexibility index (Phi) is 2.00. The van der Waals surface area contributed by atoms with Crippen LogP contribution in [0.1, 0.15) is 0 Å². The summed E-state index contributed by atoms with van der Waals surface area (Å²) < 4.78 is 0. The topological polar surface area (TPSA) is 70.2 Å². The lowest BCUT2D eigenvalue weighted by Crippen LogP contribution is -1.79. The molecule has 0 atom stereocenters. The normalized spacial score (nSPS) is 10.5. The van der Waals surface area contributed by atoms with Gasteiger partial charge in [0.1, 0.15) is 0 Å². The highest BCUT2D eigenvalue weighted by atomic mass is 15.2. The third kappa shape index (κ3) is 1.48. The van der Waals surface area contributed by atoms with Crippen molar-refractivity contribution < 1.29 is 0 Å². The van der Waals surface area contributed by atoms with Crippen LogP contribution in [-0.2, 0) is 0 Å². The van der Waals surface area contributed by atoms with E-state index in [9.17, 15) is 0 Å².